The number of amides is 1. The highest BCUT2D eigenvalue weighted by Crippen LogP contribution is 2.37. The van der Waals surface area contributed by atoms with Gasteiger partial charge >= 0.3 is 0 Å². The van der Waals surface area contributed by atoms with Crippen LogP contribution in [0.3, 0.4) is 0 Å². The fourth-order valence-corrected chi connectivity index (χ4v) is 2.14. The van der Waals surface area contributed by atoms with Crippen LogP contribution in [0.2, 0.25) is 15.1 Å². The molecule has 5 nitrogen and oxygen atoms in total. The summed E-state index contributed by atoms with van der Waals surface area (Å²) in [5.41, 5.74) is 11.4. The van der Waals surface area contributed by atoms with Crippen LogP contribution in [0.25, 0.3) is 11.3 Å². The first-order chi connectivity index (χ1) is 8.90. The van der Waals surface area contributed by atoms with Gasteiger partial charge in [-0.3, -0.25) is 4.79 Å². The first kappa shape index (κ1) is 13.9. The maximum absolute atomic E-state index is 11.1. The number of nitrogens with zero attached hydrogens (tertiary/aromatic N) is 2. The van der Waals surface area contributed by atoms with Gasteiger partial charge in [-0.05, 0) is 12.1 Å². The molecule has 1 heterocycles. The van der Waals surface area contributed by atoms with E-state index in [1.165, 1.54) is 18.3 Å². The van der Waals surface area contributed by atoms with Gasteiger partial charge in [-0.1, -0.05) is 34.8 Å². The van der Waals surface area contributed by atoms with Crippen molar-refractivity contribution in [2.75, 3.05) is 5.73 Å². The van der Waals surface area contributed by atoms with Crippen molar-refractivity contribution in [2.45, 2.75) is 0 Å². The lowest BCUT2D eigenvalue weighted by molar-refractivity contribution is 0.0995. The van der Waals surface area contributed by atoms with Crippen molar-refractivity contribution in [3.63, 3.8) is 0 Å². The highest BCUT2D eigenvalue weighted by molar-refractivity contribution is 6.45. The summed E-state index contributed by atoms with van der Waals surface area (Å²) in [6.45, 7) is 0. The van der Waals surface area contributed by atoms with Crippen LogP contribution in [0, 0.1) is 0 Å². The molecule has 1 amide bonds. The van der Waals surface area contributed by atoms with E-state index >= 15 is 0 Å². The van der Waals surface area contributed by atoms with Crippen LogP contribution in [-0.2, 0) is 0 Å². The van der Waals surface area contributed by atoms with Crippen molar-refractivity contribution < 1.29 is 4.79 Å². The molecule has 0 aliphatic heterocycles. The van der Waals surface area contributed by atoms with Crippen LogP contribution in [0.5, 0.6) is 0 Å². The summed E-state index contributed by atoms with van der Waals surface area (Å²) < 4.78 is 0. The van der Waals surface area contributed by atoms with Crippen molar-refractivity contribution in [1.82, 2.24) is 9.97 Å². The molecule has 1 aromatic heterocycles. The van der Waals surface area contributed by atoms with E-state index in [0.717, 1.165) is 0 Å². The largest absolute Gasteiger partial charge is 0.382 e. The minimum absolute atomic E-state index is 0.0311. The molecular weight excluding hydrogens is 311 g/mol. The summed E-state index contributed by atoms with van der Waals surface area (Å²) in [6.07, 6.45) is 1.18. The monoisotopic (exact) mass is 316 g/mol. The van der Waals surface area contributed by atoms with Crippen LogP contribution in [-0.4, -0.2) is 15.9 Å². The van der Waals surface area contributed by atoms with Crippen molar-refractivity contribution in [2.24, 2.45) is 5.73 Å². The second kappa shape index (κ2) is 5.21. The number of nitrogens with two attached hydrogens (primary N) is 2. The summed E-state index contributed by atoms with van der Waals surface area (Å²) in [7, 11) is 0. The third kappa shape index (κ3) is 2.73. The van der Waals surface area contributed by atoms with Gasteiger partial charge in [-0.2, -0.15) is 0 Å². The van der Waals surface area contributed by atoms with E-state index in [9.17, 15) is 4.79 Å². The van der Waals surface area contributed by atoms with Crippen LogP contribution < -0.4 is 11.5 Å². The maximum Gasteiger partial charge on any atom is 0.268 e. The molecule has 19 heavy (non-hydrogen) atoms. The number of nitrogen functional groups attached to an aromatic ring is 1. The lowest BCUT2D eigenvalue weighted by Crippen LogP contribution is -2.14. The van der Waals surface area contributed by atoms with E-state index in [-0.39, 0.29) is 27.3 Å². The number of carbonyl (C=O) groups is 1. The molecule has 0 saturated heterocycles. The van der Waals surface area contributed by atoms with E-state index in [4.69, 9.17) is 46.3 Å². The predicted molar refractivity (Wildman–Crippen MR) is 75.4 cm³/mol. The molecule has 1 aromatic carbocycles. The Morgan fingerprint density at radius 1 is 1.21 bits per heavy atom. The topological polar surface area (TPSA) is 94.9 Å². The summed E-state index contributed by atoms with van der Waals surface area (Å²) in [5, 5.41) is 0.818. The zero-order valence-corrected chi connectivity index (χ0v) is 11.6. The van der Waals surface area contributed by atoms with Crippen LogP contribution >= 0.6 is 34.8 Å². The molecule has 0 atom stereocenters. The molecule has 0 aliphatic carbocycles. The first-order valence-corrected chi connectivity index (χ1v) is 6.10. The highest BCUT2D eigenvalue weighted by atomic mass is 35.5. The van der Waals surface area contributed by atoms with Gasteiger partial charge in [0, 0.05) is 10.6 Å². The zero-order chi connectivity index (χ0) is 14.2. The fraction of sp³-hybridized carbons (Fsp3) is 0. The molecule has 0 bridgehead atoms. The molecule has 0 saturated carbocycles. The molecule has 4 N–H and O–H groups in total. The zero-order valence-electron chi connectivity index (χ0n) is 9.32. The van der Waals surface area contributed by atoms with Crippen LogP contribution in [0.1, 0.15) is 10.5 Å². The third-order valence-electron chi connectivity index (χ3n) is 2.30. The van der Waals surface area contributed by atoms with E-state index in [1.807, 2.05) is 0 Å². The number of primary amides is 1. The predicted octanol–water partition coefficient (Wildman–Crippen LogP) is 2.78. The normalized spacial score (nSPS) is 10.5. The van der Waals surface area contributed by atoms with Crippen molar-refractivity contribution >= 4 is 46.5 Å². The summed E-state index contributed by atoms with van der Waals surface area (Å²) >= 11 is 17.9. The Bertz CT molecular complexity index is 675. The number of aromatic nitrogens is 2. The Balaban J connectivity index is 2.71. The van der Waals surface area contributed by atoms with Gasteiger partial charge in [0.15, 0.2) is 0 Å². The summed E-state index contributed by atoms with van der Waals surface area (Å²) in [6, 6.07) is 3.01. The smallest absolute Gasteiger partial charge is 0.268 e. The number of anilines is 1. The van der Waals surface area contributed by atoms with Gasteiger partial charge < -0.3 is 11.5 Å². The quantitative estimate of drug-likeness (QED) is 0.833. The molecule has 0 unspecified atom stereocenters. The Hall–Kier alpha value is -1.56. The Kier molecular flexibility index (Phi) is 3.80. The van der Waals surface area contributed by atoms with Crippen LogP contribution in [0.4, 0.5) is 5.82 Å². The first-order valence-electron chi connectivity index (χ1n) is 4.97. The molecule has 98 valence electrons. The average molecular weight is 318 g/mol. The van der Waals surface area contributed by atoms with Crippen molar-refractivity contribution in [3.8, 4) is 11.3 Å². The highest BCUT2D eigenvalue weighted by Gasteiger charge is 2.16. The van der Waals surface area contributed by atoms with Gasteiger partial charge in [0.05, 0.1) is 16.2 Å². The SMILES string of the molecule is NC(=O)c1cnc(N)c(-c2cc(Cl)cc(Cl)c2Cl)n1. The molecule has 0 spiro atoms. The Morgan fingerprint density at radius 2 is 1.89 bits per heavy atom. The number of hydrogen-bond donors (Lipinski definition) is 2. The second-order valence-electron chi connectivity index (χ2n) is 3.60. The molecule has 2 rings (SSSR count). The van der Waals surface area contributed by atoms with Crippen LogP contribution in [0.15, 0.2) is 18.3 Å². The van der Waals surface area contributed by atoms with Crippen molar-refractivity contribution in [3.05, 3.63) is 39.1 Å². The van der Waals surface area contributed by atoms with Gasteiger partial charge in [-0.25, -0.2) is 9.97 Å². The number of halogens is 3. The molecule has 8 heteroatoms. The number of carbonyl (C=O) groups excluding carboxylic acids is 1. The summed E-state index contributed by atoms with van der Waals surface area (Å²) in [5.74, 6) is -0.636. The van der Waals surface area contributed by atoms with Gasteiger partial charge in [-0.15, -0.1) is 0 Å². The number of benzene rings is 1. The Labute approximate surface area is 123 Å². The number of hydrogen-bond acceptors (Lipinski definition) is 4. The summed E-state index contributed by atoms with van der Waals surface area (Å²) in [4.78, 5) is 19.0. The fourth-order valence-electron chi connectivity index (χ4n) is 1.44. The second-order valence-corrected chi connectivity index (χ2v) is 4.82. The Morgan fingerprint density at radius 3 is 2.53 bits per heavy atom. The van der Waals surface area contributed by atoms with E-state index in [2.05, 4.69) is 9.97 Å². The van der Waals surface area contributed by atoms with Gasteiger partial charge in [0.25, 0.3) is 5.91 Å². The third-order valence-corrected chi connectivity index (χ3v) is 3.32. The van der Waals surface area contributed by atoms with E-state index < -0.39 is 5.91 Å². The molecule has 0 aliphatic rings. The molecule has 0 radical (unpaired) electrons. The average Bonchev–Trinajstić information content (AvgIpc) is 2.34. The molecule has 0 fully saturated rings. The molecular formula is C11H7Cl3N4O. The van der Waals surface area contributed by atoms with Gasteiger partial charge in [0.2, 0.25) is 0 Å². The minimum Gasteiger partial charge on any atom is -0.382 e. The van der Waals surface area contributed by atoms with Crippen molar-refractivity contribution in [1.29, 1.82) is 0 Å². The maximum atomic E-state index is 11.1. The van der Waals surface area contributed by atoms with Gasteiger partial charge in [0.1, 0.15) is 17.2 Å². The lowest BCUT2D eigenvalue weighted by atomic mass is 10.1. The number of rotatable bonds is 2. The van der Waals surface area contributed by atoms with E-state index in [1.54, 1.807) is 0 Å². The minimum atomic E-state index is -0.724. The molecule has 2 aromatic rings. The standard InChI is InChI=1S/C11H7Cl3N4O/c12-4-1-5(8(14)6(13)2-4)9-10(15)17-3-7(18-9)11(16)19/h1-3H,(H2,15,17)(H2,16,19). The van der Waals surface area contributed by atoms with E-state index in [0.29, 0.717) is 10.6 Å². The lowest BCUT2D eigenvalue weighted by Gasteiger charge is -2.09.